The highest BCUT2D eigenvalue weighted by Gasteiger charge is 2.71. The third-order valence-electron chi connectivity index (χ3n) is 8.38. The summed E-state index contributed by atoms with van der Waals surface area (Å²) < 4.78 is 36.3. The van der Waals surface area contributed by atoms with Gasteiger partial charge in [-0.2, -0.15) is 5.26 Å². The third kappa shape index (κ3) is 4.20. The van der Waals surface area contributed by atoms with Crippen molar-refractivity contribution in [1.29, 1.82) is 5.26 Å². The molecule has 1 aliphatic heterocycles. The van der Waals surface area contributed by atoms with Gasteiger partial charge in [-0.15, -0.1) is 0 Å². The number of esters is 1. The van der Waals surface area contributed by atoms with Crippen LogP contribution in [0.15, 0.2) is 48.7 Å². The van der Waals surface area contributed by atoms with Crippen LogP contribution in [-0.2, 0) is 14.3 Å². The van der Waals surface area contributed by atoms with E-state index >= 15 is 8.78 Å². The van der Waals surface area contributed by atoms with Gasteiger partial charge < -0.3 is 10.1 Å². The van der Waals surface area contributed by atoms with Crippen molar-refractivity contribution in [2.45, 2.75) is 57.6 Å². The first kappa shape index (κ1) is 25.1. The molecule has 2 saturated carbocycles. The first-order valence-corrected chi connectivity index (χ1v) is 12.7. The molecule has 0 radical (unpaired) electrons. The molecule has 2 heterocycles. The minimum absolute atomic E-state index is 0.0814. The second kappa shape index (κ2) is 9.37. The fraction of sp³-hybridized carbons (Fsp3) is 0.448. The number of aromatic nitrogens is 1. The van der Waals surface area contributed by atoms with Crippen molar-refractivity contribution in [2.24, 2.45) is 23.2 Å². The van der Waals surface area contributed by atoms with E-state index in [0.717, 1.165) is 30.4 Å². The number of hydrogen-bond donors (Lipinski definition) is 1. The lowest BCUT2D eigenvalue weighted by molar-refractivity contribution is -0.179. The number of carbonyl (C=O) groups excluding carboxylic acids is 2. The van der Waals surface area contributed by atoms with Crippen LogP contribution < -0.4 is 5.32 Å². The van der Waals surface area contributed by atoms with E-state index in [0.29, 0.717) is 11.3 Å². The van der Waals surface area contributed by atoms with E-state index in [-0.39, 0.29) is 6.04 Å². The van der Waals surface area contributed by atoms with Gasteiger partial charge in [0.25, 0.3) is 5.92 Å². The van der Waals surface area contributed by atoms with Gasteiger partial charge in [0.2, 0.25) is 5.91 Å². The molecule has 37 heavy (non-hydrogen) atoms. The maximum Gasteiger partial charge on any atom is 0.322 e. The number of cyclic esters (lactones) is 1. The molecule has 5 atom stereocenters. The fourth-order valence-electron chi connectivity index (χ4n) is 6.02. The summed E-state index contributed by atoms with van der Waals surface area (Å²) in [5, 5.41) is 12.2. The Kier molecular flexibility index (Phi) is 6.35. The number of allylic oxidation sites excluding steroid dienone is 1. The van der Waals surface area contributed by atoms with E-state index in [2.05, 4.69) is 16.4 Å². The third-order valence-corrected chi connectivity index (χ3v) is 8.38. The van der Waals surface area contributed by atoms with E-state index in [1.807, 2.05) is 18.2 Å². The molecule has 0 spiro atoms. The van der Waals surface area contributed by atoms with Crippen LogP contribution in [0.3, 0.4) is 0 Å². The maximum absolute atomic E-state index is 15.4. The molecule has 3 aliphatic rings. The van der Waals surface area contributed by atoms with Crippen LogP contribution in [0.2, 0.25) is 0 Å². The van der Waals surface area contributed by atoms with Gasteiger partial charge in [0.05, 0.1) is 17.3 Å². The summed E-state index contributed by atoms with van der Waals surface area (Å²) >= 11 is 0. The molecule has 8 heteroatoms. The van der Waals surface area contributed by atoms with Crippen LogP contribution in [0.4, 0.5) is 8.78 Å². The van der Waals surface area contributed by atoms with Crippen molar-refractivity contribution >= 4 is 18.0 Å². The maximum atomic E-state index is 15.4. The number of benzene rings is 1. The molecule has 1 aromatic carbocycles. The second-order valence-corrected chi connectivity index (χ2v) is 10.5. The number of nitrogens with one attached hydrogen (secondary N) is 1. The molecular formula is C29H29F2N3O3. The second-order valence-electron chi connectivity index (χ2n) is 10.5. The van der Waals surface area contributed by atoms with Gasteiger partial charge in [0, 0.05) is 41.6 Å². The van der Waals surface area contributed by atoms with E-state index in [1.54, 1.807) is 43.5 Å². The Balaban J connectivity index is 1.46. The summed E-state index contributed by atoms with van der Waals surface area (Å²) in [5.41, 5.74) is 0.676. The van der Waals surface area contributed by atoms with Gasteiger partial charge in [-0.25, -0.2) is 8.78 Å². The number of fused-ring (bicyclic) bond motifs is 1. The van der Waals surface area contributed by atoms with Crippen molar-refractivity contribution in [1.82, 2.24) is 10.3 Å². The minimum Gasteiger partial charge on any atom is -0.461 e. The molecule has 3 fully saturated rings. The van der Waals surface area contributed by atoms with Crippen molar-refractivity contribution in [3.63, 3.8) is 0 Å². The predicted octanol–water partition coefficient (Wildman–Crippen LogP) is 5.14. The lowest BCUT2D eigenvalue weighted by Gasteiger charge is -2.47. The summed E-state index contributed by atoms with van der Waals surface area (Å²) in [4.78, 5) is 30.9. The summed E-state index contributed by atoms with van der Waals surface area (Å²) in [6.45, 7) is 3.14. The van der Waals surface area contributed by atoms with Gasteiger partial charge in [-0.1, -0.05) is 37.3 Å². The number of amides is 1. The van der Waals surface area contributed by atoms with Crippen molar-refractivity contribution < 1.29 is 23.1 Å². The Morgan fingerprint density at radius 2 is 1.97 bits per heavy atom. The number of nitrogens with zero attached hydrogens (tertiary/aromatic N) is 2. The van der Waals surface area contributed by atoms with Gasteiger partial charge in [-0.3, -0.25) is 14.6 Å². The first-order chi connectivity index (χ1) is 17.7. The van der Waals surface area contributed by atoms with Gasteiger partial charge in [0.1, 0.15) is 6.10 Å². The average molecular weight is 506 g/mol. The molecule has 1 aromatic heterocycles. The van der Waals surface area contributed by atoms with Crippen LogP contribution in [0.25, 0.3) is 17.2 Å². The highest BCUT2D eigenvalue weighted by Crippen LogP contribution is 2.59. The zero-order chi connectivity index (χ0) is 26.4. The van der Waals surface area contributed by atoms with Crippen LogP contribution >= 0.6 is 0 Å². The number of halogens is 2. The molecule has 2 aliphatic carbocycles. The van der Waals surface area contributed by atoms with E-state index in [9.17, 15) is 14.9 Å². The van der Waals surface area contributed by atoms with E-state index < -0.39 is 53.5 Å². The standard InChI is InChI=1S/C29H29F2N3O3/c1-17-23(13-12-21-11-10-20(15-33-21)24-9-4-3-6-19(24)14-32)25-18(2)37-27(36)28(25,16-29(17,30)31)26(35)34-22-7-5-8-22/h3-4,6,9-13,15,17-18,22-23,25H,5,7-8,16H2,1-2H3,(H,34,35)/b13-12+/t17?,18-,23+,25?,28-/m1/s1. The molecule has 5 rings (SSSR count). The Hall–Kier alpha value is -3.60. The lowest BCUT2D eigenvalue weighted by Crippen LogP contribution is -2.61. The predicted molar refractivity (Wildman–Crippen MR) is 133 cm³/mol. The molecule has 0 bridgehead atoms. The molecule has 2 aromatic rings. The largest absolute Gasteiger partial charge is 0.461 e. The first-order valence-electron chi connectivity index (χ1n) is 12.7. The molecule has 6 nitrogen and oxygen atoms in total. The SMILES string of the molecule is CC1[C@H](/C=C/c2ccc(-c3ccccc3C#N)cn2)C2[C@@H](C)OC(=O)[C@]2(C(=O)NC2CCC2)CC1(F)F. The normalized spacial score (nSPS) is 30.7. The topological polar surface area (TPSA) is 92.1 Å². The van der Waals surface area contributed by atoms with E-state index in [4.69, 9.17) is 4.74 Å². The van der Waals surface area contributed by atoms with Gasteiger partial charge >= 0.3 is 5.97 Å². The monoisotopic (exact) mass is 505 g/mol. The van der Waals surface area contributed by atoms with Gasteiger partial charge in [0.15, 0.2) is 5.41 Å². The number of nitriles is 1. The van der Waals surface area contributed by atoms with Crippen LogP contribution in [0.5, 0.6) is 0 Å². The zero-order valence-electron chi connectivity index (χ0n) is 20.8. The molecule has 1 N–H and O–H groups in total. The Morgan fingerprint density at radius 3 is 2.62 bits per heavy atom. The zero-order valence-corrected chi connectivity index (χ0v) is 20.8. The molecular weight excluding hydrogens is 476 g/mol. The quantitative estimate of drug-likeness (QED) is 0.449. The highest BCUT2D eigenvalue weighted by molar-refractivity contribution is 6.05. The molecule has 1 saturated heterocycles. The van der Waals surface area contributed by atoms with Crippen LogP contribution in [0, 0.1) is 34.5 Å². The Bertz CT molecular complexity index is 1280. The average Bonchev–Trinajstić information content (AvgIpc) is 3.11. The molecule has 192 valence electrons. The summed E-state index contributed by atoms with van der Waals surface area (Å²) in [6, 6.07) is 12.9. The lowest BCUT2D eigenvalue weighted by atomic mass is 9.56. The summed E-state index contributed by atoms with van der Waals surface area (Å²) in [7, 11) is 0. The molecule has 1 amide bonds. The van der Waals surface area contributed by atoms with Crippen molar-refractivity contribution in [3.05, 3.63) is 59.9 Å². The Labute approximate surface area is 214 Å². The number of carbonyl (C=O) groups is 2. The summed E-state index contributed by atoms with van der Waals surface area (Å²) in [6.07, 6.45) is 5.96. The Morgan fingerprint density at radius 1 is 1.22 bits per heavy atom. The van der Waals surface area contributed by atoms with Crippen LogP contribution in [0.1, 0.15) is 50.8 Å². The number of pyridine rings is 1. The number of alkyl halides is 2. The van der Waals surface area contributed by atoms with Crippen LogP contribution in [-0.4, -0.2) is 34.9 Å². The number of ether oxygens (including phenoxy) is 1. The van der Waals surface area contributed by atoms with Crippen molar-refractivity contribution in [2.75, 3.05) is 0 Å². The molecule has 2 unspecified atom stereocenters. The van der Waals surface area contributed by atoms with Crippen molar-refractivity contribution in [3.8, 4) is 17.2 Å². The number of rotatable bonds is 5. The smallest absolute Gasteiger partial charge is 0.322 e. The fourth-order valence-corrected chi connectivity index (χ4v) is 6.02. The summed E-state index contributed by atoms with van der Waals surface area (Å²) in [5.74, 6) is -7.32. The highest BCUT2D eigenvalue weighted by atomic mass is 19.3. The van der Waals surface area contributed by atoms with Gasteiger partial charge in [-0.05, 0) is 50.3 Å². The minimum atomic E-state index is -3.23. The number of hydrogen-bond acceptors (Lipinski definition) is 5. The van der Waals surface area contributed by atoms with E-state index in [1.165, 1.54) is 6.92 Å².